The largest absolute Gasteiger partial charge is 0.493 e. The molecule has 0 radical (unpaired) electrons. The number of nitrogens with zero attached hydrogens (tertiary/aromatic N) is 2. The minimum Gasteiger partial charge on any atom is -0.493 e. The van der Waals surface area contributed by atoms with E-state index in [1.54, 1.807) is 26.2 Å². The maximum absolute atomic E-state index is 14.7. The Balaban J connectivity index is 1.85. The smallest absolute Gasteiger partial charge is 0.273 e. The summed E-state index contributed by atoms with van der Waals surface area (Å²) in [6, 6.07) is 7.38. The third kappa shape index (κ3) is 6.27. The van der Waals surface area contributed by atoms with Crippen molar-refractivity contribution in [2.24, 2.45) is 0 Å². The molecular formula is C24H28F3N3O4. The van der Waals surface area contributed by atoms with Gasteiger partial charge in [-0.15, -0.1) is 0 Å². The molecule has 7 nitrogen and oxygen atoms in total. The van der Waals surface area contributed by atoms with Gasteiger partial charge >= 0.3 is 0 Å². The van der Waals surface area contributed by atoms with Gasteiger partial charge in [-0.1, -0.05) is 18.2 Å². The number of anilines is 1. The molecule has 0 bridgehead atoms. The highest BCUT2D eigenvalue weighted by molar-refractivity contribution is 5.91. The van der Waals surface area contributed by atoms with Crippen molar-refractivity contribution in [3.8, 4) is 11.5 Å². The van der Waals surface area contributed by atoms with Crippen molar-refractivity contribution in [1.82, 2.24) is 9.97 Å². The van der Waals surface area contributed by atoms with Crippen molar-refractivity contribution in [2.45, 2.75) is 26.3 Å². The normalized spacial score (nSPS) is 11.6. The Morgan fingerprint density at radius 3 is 2.47 bits per heavy atom. The first-order chi connectivity index (χ1) is 16.2. The molecule has 3 aromatic rings. The number of hydrogen-bond acceptors (Lipinski definition) is 7. The van der Waals surface area contributed by atoms with Gasteiger partial charge in [-0.25, -0.2) is 23.1 Å². The molecule has 0 saturated heterocycles. The maximum Gasteiger partial charge on any atom is 0.273 e. The molecule has 0 aliphatic heterocycles. The van der Waals surface area contributed by atoms with Crippen LogP contribution in [-0.2, 0) is 21.9 Å². The van der Waals surface area contributed by atoms with E-state index in [0.717, 1.165) is 6.07 Å². The summed E-state index contributed by atoms with van der Waals surface area (Å²) < 4.78 is 63.7. The minimum atomic E-state index is -3.28. The third-order valence-corrected chi connectivity index (χ3v) is 5.01. The highest BCUT2D eigenvalue weighted by atomic mass is 19.3. The number of aryl methyl sites for hydroxylation is 1. The number of halogens is 3. The minimum absolute atomic E-state index is 0.0448. The summed E-state index contributed by atoms with van der Waals surface area (Å²) in [6.07, 6.45) is 0. The average Bonchev–Trinajstić information content (AvgIpc) is 2.79. The molecule has 10 heteroatoms. The van der Waals surface area contributed by atoms with Gasteiger partial charge in [0.1, 0.15) is 24.1 Å². The Labute approximate surface area is 196 Å². The van der Waals surface area contributed by atoms with Crippen molar-refractivity contribution in [3.63, 3.8) is 0 Å². The number of methoxy groups -OCH3 is 2. The quantitative estimate of drug-likeness (QED) is 0.372. The lowest BCUT2D eigenvalue weighted by Crippen LogP contribution is -2.13. The van der Waals surface area contributed by atoms with Crippen LogP contribution in [0.2, 0.25) is 0 Å². The summed E-state index contributed by atoms with van der Waals surface area (Å²) in [6.45, 7) is 3.93. The van der Waals surface area contributed by atoms with Crippen LogP contribution in [0, 0.1) is 12.7 Å². The fourth-order valence-electron chi connectivity index (χ4n) is 3.35. The molecule has 0 amide bonds. The summed E-state index contributed by atoms with van der Waals surface area (Å²) in [5, 5.41) is 3.66. The molecule has 3 rings (SSSR count). The molecule has 1 heterocycles. The molecule has 34 heavy (non-hydrogen) atoms. The van der Waals surface area contributed by atoms with E-state index in [1.165, 1.54) is 19.2 Å². The Bertz CT molecular complexity index is 1120. The summed E-state index contributed by atoms with van der Waals surface area (Å²) in [5.41, 5.74) is 0.0372. The van der Waals surface area contributed by atoms with Gasteiger partial charge in [-0.2, -0.15) is 0 Å². The van der Waals surface area contributed by atoms with Crippen LogP contribution in [0.5, 0.6) is 11.5 Å². The Kier molecular flexibility index (Phi) is 8.51. The monoisotopic (exact) mass is 479 g/mol. The molecule has 0 saturated carbocycles. The zero-order valence-corrected chi connectivity index (χ0v) is 19.6. The first-order valence-electron chi connectivity index (χ1n) is 10.7. The number of hydrogen-bond donors (Lipinski definition) is 1. The Hall–Kier alpha value is -3.11. The van der Waals surface area contributed by atoms with E-state index < -0.39 is 17.3 Å². The van der Waals surface area contributed by atoms with Crippen LogP contribution in [0.1, 0.15) is 23.9 Å². The molecule has 1 aromatic heterocycles. The van der Waals surface area contributed by atoms with Gasteiger partial charge < -0.3 is 24.3 Å². The van der Waals surface area contributed by atoms with E-state index in [1.807, 2.05) is 0 Å². The van der Waals surface area contributed by atoms with Crippen LogP contribution in [0.25, 0.3) is 10.9 Å². The van der Waals surface area contributed by atoms with Gasteiger partial charge in [-0.3, -0.25) is 0 Å². The molecule has 0 unspecified atom stereocenters. The Morgan fingerprint density at radius 2 is 1.76 bits per heavy atom. The second-order valence-corrected chi connectivity index (χ2v) is 7.61. The third-order valence-electron chi connectivity index (χ3n) is 5.01. The van der Waals surface area contributed by atoms with Gasteiger partial charge in [0.25, 0.3) is 5.92 Å². The summed E-state index contributed by atoms with van der Waals surface area (Å²) in [4.78, 5) is 8.85. The molecule has 1 N–H and O–H groups in total. The van der Waals surface area contributed by atoms with Gasteiger partial charge in [0, 0.05) is 37.6 Å². The zero-order valence-electron chi connectivity index (χ0n) is 19.6. The van der Waals surface area contributed by atoms with Crippen molar-refractivity contribution in [3.05, 3.63) is 53.1 Å². The van der Waals surface area contributed by atoms with Crippen LogP contribution in [0.3, 0.4) is 0 Å². The van der Waals surface area contributed by atoms with Crippen LogP contribution < -0.4 is 14.8 Å². The summed E-state index contributed by atoms with van der Waals surface area (Å²) in [5.74, 6) is -2.39. The van der Waals surface area contributed by atoms with Crippen LogP contribution in [0.15, 0.2) is 30.3 Å². The molecule has 0 aliphatic rings. The average molecular weight is 479 g/mol. The molecule has 0 spiro atoms. The lowest BCUT2D eigenvalue weighted by atomic mass is 10.0. The molecule has 184 valence electrons. The van der Waals surface area contributed by atoms with E-state index in [0.29, 0.717) is 60.8 Å². The number of nitrogens with one attached hydrogen (secondary N) is 1. The van der Waals surface area contributed by atoms with E-state index in [4.69, 9.17) is 18.9 Å². The van der Waals surface area contributed by atoms with Crippen molar-refractivity contribution in [2.75, 3.05) is 46.0 Å². The number of fused-ring (bicyclic) bond motifs is 1. The summed E-state index contributed by atoms with van der Waals surface area (Å²) in [7, 11) is 3.12. The Morgan fingerprint density at radius 1 is 1.00 bits per heavy atom. The standard InChI is InChI=1S/C24H28F3N3O4/c1-15-29-19-13-20(32-4)21(34-11-10-33-9-8-31-3)12-17(19)23(30-15)28-14-16-6-5-7-18(22(16)25)24(2,26)27/h5-7,12-13H,8-11,14H2,1-4H3,(H,28,29,30). The van der Waals surface area contributed by atoms with Crippen molar-refractivity contribution >= 4 is 16.7 Å². The molecule has 0 fully saturated rings. The lowest BCUT2D eigenvalue weighted by Gasteiger charge is -2.16. The van der Waals surface area contributed by atoms with Gasteiger partial charge in [-0.05, 0) is 13.0 Å². The second-order valence-electron chi connectivity index (χ2n) is 7.61. The summed E-state index contributed by atoms with van der Waals surface area (Å²) >= 11 is 0. The SMILES string of the molecule is COCCOCCOc1cc2c(NCc3cccc(C(C)(F)F)c3F)nc(C)nc2cc1OC. The van der Waals surface area contributed by atoms with Gasteiger partial charge in [0.2, 0.25) is 0 Å². The number of alkyl halides is 2. The lowest BCUT2D eigenvalue weighted by molar-refractivity contribution is 0.0136. The van der Waals surface area contributed by atoms with E-state index in [2.05, 4.69) is 15.3 Å². The van der Waals surface area contributed by atoms with Crippen molar-refractivity contribution < 1.29 is 32.1 Å². The predicted octanol–water partition coefficient (Wildman–Crippen LogP) is 4.85. The fraction of sp³-hybridized carbons (Fsp3) is 0.417. The maximum atomic E-state index is 14.7. The topological polar surface area (TPSA) is 74.7 Å². The fourth-order valence-corrected chi connectivity index (χ4v) is 3.35. The van der Waals surface area contributed by atoms with E-state index in [-0.39, 0.29) is 18.7 Å². The number of aromatic nitrogens is 2. The highest BCUT2D eigenvalue weighted by Crippen LogP contribution is 2.35. The molecule has 0 aliphatic carbocycles. The number of benzene rings is 2. The highest BCUT2D eigenvalue weighted by Gasteiger charge is 2.29. The molecule has 2 aromatic carbocycles. The van der Waals surface area contributed by atoms with Crippen LogP contribution in [-0.4, -0.2) is 50.6 Å². The van der Waals surface area contributed by atoms with Crippen LogP contribution in [0.4, 0.5) is 19.0 Å². The van der Waals surface area contributed by atoms with E-state index >= 15 is 0 Å². The van der Waals surface area contributed by atoms with Crippen molar-refractivity contribution in [1.29, 1.82) is 0 Å². The van der Waals surface area contributed by atoms with E-state index in [9.17, 15) is 13.2 Å². The first-order valence-corrected chi connectivity index (χ1v) is 10.7. The zero-order chi connectivity index (χ0) is 24.7. The molecular weight excluding hydrogens is 451 g/mol. The van der Waals surface area contributed by atoms with Crippen LogP contribution >= 0.6 is 0 Å². The second kappa shape index (κ2) is 11.3. The first kappa shape index (κ1) is 25.5. The molecule has 0 atom stereocenters. The predicted molar refractivity (Wildman–Crippen MR) is 122 cm³/mol. The van der Waals surface area contributed by atoms with Gasteiger partial charge in [0.05, 0.1) is 38.0 Å². The number of rotatable bonds is 12. The number of ether oxygens (including phenoxy) is 4. The van der Waals surface area contributed by atoms with Gasteiger partial charge in [0.15, 0.2) is 11.5 Å².